The summed E-state index contributed by atoms with van der Waals surface area (Å²) in [6, 6.07) is 12.1. The molecule has 0 bridgehead atoms. The lowest BCUT2D eigenvalue weighted by Gasteiger charge is -2.55. The van der Waals surface area contributed by atoms with Crippen molar-refractivity contribution >= 4 is 60.9 Å². The van der Waals surface area contributed by atoms with Crippen LogP contribution in [0.2, 0.25) is 0 Å². The number of carbonyl (C=O) groups excluding carboxylic acids is 2. The van der Waals surface area contributed by atoms with Crippen LogP contribution < -0.4 is 26.1 Å². The van der Waals surface area contributed by atoms with Gasteiger partial charge in [-0.2, -0.15) is 13.2 Å². The summed E-state index contributed by atoms with van der Waals surface area (Å²) in [5.74, 6) is -0.428. The molecule has 4 saturated heterocycles. The summed E-state index contributed by atoms with van der Waals surface area (Å²) in [6.07, 6.45) is 0.825. The minimum atomic E-state index is -4.69. The maximum absolute atomic E-state index is 13.5. The number of rotatable bonds is 8. The number of imidazole rings is 1. The summed E-state index contributed by atoms with van der Waals surface area (Å²) >= 11 is 1.49. The van der Waals surface area contributed by atoms with Crippen molar-refractivity contribution < 1.29 is 27.9 Å². The van der Waals surface area contributed by atoms with Crippen LogP contribution in [-0.2, 0) is 23.6 Å². The van der Waals surface area contributed by atoms with E-state index in [1.807, 2.05) is 12.1 Å². The second-order valence-corrected chi connectivity index (χ2v) is 18.9. The number of benzene rings is 2. The second kappa shape index (κ2) is 15.3. The third kappa shape index (κ3) is 7.80. The van der Waals surface area contributed by atoms with Gasteiger partial charge in [0.1, 0.15) is 17.4 Å². The Morgan fingerprint density at radius 3 is 2.41 bits per heavy atom. The molecule has 17 heteroatoms. The first-order valence-electron chi connectivity index (χ1n) is 20.9. The van der Waals surface area contributed by atoms with Crippen molar-refractivity contribution in [1.29, 1.82) is 0 Å². The summed E-state index contributed by atoms with van der Waals surface area (Å²) in [4.78, 5) is 55.2. The first-order valence-corrected chi connectivity index (χ1v) is 21.7. The molecule has 7 heterocycles. The van der Waals surface area contributed by atoms with E-state index in [9.17, 15) is 32.7 Å². The Hall–Kier alpha value is -5.26. The summed E-state index contributed by atoms with van der Waals surface area (Å²) in [6.45, 7) is 13.8. The number of carbonyl (C=O) groups is 2. The molecule has 13 nitrogen and oxygen atoms in total. The van der Waals surface area contributed by atoms with E-state index in [0.717, 1.165) is 110 Å². The normalized spacial score (nSPS) is 20.4. The van der Waals surface area contributed by atoms with Crippen LogP contribution in [0.1, 0.15) is 80.2 Å². The van der Waals surface area contributed by atoms with Crippen LogP contribution in [0.25, 0.3) is 21.3 Å². The van der Waals surface area contributed by atoms with E-state index in [1.54, 1.807) is 42.2 Å². The Bertz CT molecular complexity index is 2600. The van der Waals surface area contributed by atoms with Gasteiger partial charge in [-0.3, -0.25) is 18.7 Å². The molecule has 0 radical (unpaired) electrons. The van der Waals surface area contributed by atoms with Gasteiger partial charge >= 0.3 is 11.9 Å². The zero-order chi connectivity index (χ0) is 43.0. The number of halogens is 3. The fourth-order valence-electron chi connectivity index (χ4n) is 9.73. The standard InChI is InChI=1S/C44H50F3N9O4S/c1-26-11-12-34(39(58)48-26)56-33-9-6-8-32(37(33)52(4)41(56)59)55-24-43(25-55)15-19-53(20-16-43)23-27-13-17-54(18-14-27)40-51-31-21-28(42(2,3)60)30(22-35(31)61-40)50-38(57)29-7-5-10-36(49-29)44(45,46)47/h5-10,21-22,27,34,60H,1,11-20,23-25H2,2-4H3,(H,48,58)(H,50,57). The number of nitrogens with one attached hydrogen (secondary N) is 2. The quantitative estimate of drug-likeness (QED) is 0.157. The van der Waals surface area contributed by atoms with Gasteiger partial charge in [-0.1, -0.05) is 30.0 Å². The number of allylic oxidation sites excluding steroid dienone is 1. The van der Waals surface area contributed by atoms with Gasteiger partial charge in [-0.05, 0) is 108 Å². The predicted molar refractivity (Wildman–Crippen MR) is 230 cm³/mol. The Labute approximate surface area is 354 Å². The highest BCUT2D eigenvalue weighted by Crippen LogP contribution is 2.45. The highest BCUT2D eigenvalue weighted by atomic mass is 32.1. The van der Waals surface area contributed by atoms with E-state index >= 15 is 0 Å². The van der Waals surface area contributed by atoms with Crippen molar-refractivity contribution in [2.75, 3.05) is 60.9 Å². The number of alkyl halides is 3. The topological polar surface area (TPSA) is 141 Å². The summed E-state index contributed by atoms with van der Waals surface area (Å²) in [5, 5.41) is 17.4. The summed E-state index contributed by atoms with van der Waals surface area (Å²) in [7, 11) is 1.80. The first-order chi connectivity index (χ1) is 29.0. The number of piperidine rings is 3. The lowest BCUT2D eigenvalue weighted by atomic mass is 9.71. The maximum atomic E-state index is 13.5. The van der Waals surface area contributed by atoms with Crippen molar-refractivity contribution in [3.8, 4) is 0 Å². The van der Waals surface area contributed by atoms with Gasteiger partial charge in [0.15, 0.2) is 5.13 Å². The smallest absolute Gasteiger partial charge is 0.386 e. The van der Waals surface area contributed by atoms with E-state index in [4.69, 9.17) is 4.98 Å². The number of amides is 2. The number of nitrogens with zero attached hydrogens (tertiary/aromatic N) is 7. The van der Waals surface area contributed by atoms with Crippen molar-refractivity contribution in [2.45, 2.75) is 70.2 Å². The number of pyridine rings is 1. The Balaban J connectivity index is 0.799. The van der Waals surface area contributed by atoms with Crippen molar-refractivity contribution in [3.63, 3.8) is 0 Å². The third-order valence-electron chi connectivity index (χ3n) is 13.1. The number of hydrogen-bond acceptors (Lipinski definition) is 10. The van der Waals surface area contributed by atoms with E-state index in [-0.39, 0.29) is 28.4 Å². The molecule has 2 amide bonds. The van der Waals surface area contributed by atoms with Gasteiger partial charge in [0.25, 0.3) is 5.91 Å². The molecule has 1 spiro atoms. The number of thiazole rings is 1. The van der Waals surface area contributed by atoms with Gasteiger partial charge in [0.2, 0.25) is 5.91 Å². The molecule has 0 aliphatic carbocycles. The number of hydrogen-bond donors (Lipinski definition) is 3. The number of aromatic nitrogens is 4. The molecule has 5 aromatic rings. The summed E-state index contributed by atoms with van der Waals surface area (Å²) in [5.41, 5.74) is 1.91. The number of anilines is 3. The van der Waals surface area contributed by atoms with Crippen LogP contribution in [-0.4, -0.2) is 86.7 Å². The van der Waals surface area contributed by atoms with Gasteiger partial charge < -0.3 is 30.4 Å². The van der Waals surface area contributed by atoms with Crippen LogP contribution in [0.4, 0.5) is 29.7 Å². The molecule has 61 heavy (non-hydrogen) atoms. The minimum Gasteiger partial charge on any atom is -0.386 e. The molecular formula is C44H50F3N9O4S. The minimum absolute atomic E-state index is 0.179. The number of para-hydroxylation sites is 1. The highest BCUT2D eigenvalue weighted by molar-refractivity contribution is 7.22. The van der Waals surface area contributed by atoms with Crippen molar-refractivity contribution in [2.24, 2.45) is 18.4 Å². The van der Waals surface area contributed by atoms with E-state index in [2.05, 4.69) is 43.0 Å². The largest absolute Gasteiger partial charge is 0.433 e. The van der Waals surface area contributed by atoms with E-state index in [1.165, 1.54) is 17.4 Å². The fourth-order valence-corrected chi connectivity index (χ4v) is 10.8. The Kier molecular flexibility index (Phi) is 10.3. The van der Waals surface area contributed by atoms with Crippen LogP contribution in [0.3, 0.4) is 0 Å². The van der Waals surface area contributed by atoms with Crippen LogP contribution in [0.5, 0.6) is 0 Å². The molecule has 4 aliphatic heterocycles. The van der Waals surface area contributed by atoms with E-state index in [0.29, 0.717) is 35.5 Å². The summed E-state index contributed by atoms with van der Waals surface area (Å²) < 4.78 is 44.0. The second-order valence-electron chi connectivity index (χ2n) is 17.9. The Morgan fingerprint density at radius 2 is 1.72 bits per heavy atom. The Morgan fingerprint density at radius 1 is 1.00 bits per heavy atom. The molecule has 0 saturated carbocycles. The number of aliphatic hydroxyl groups is 1. The average Bonchev–Trinajstić information content (AvgIpc) is 3.74. The number of aryl methyl sites for hydroxylation is 1. The van der Waals surface area contributed by atoms with Gasteiger partial charge in [-0.25, -0.2) is 14.8 Å². The molecule has 9 rings (SSSR count). The molecule has 3 N–H and O–H groups in total. The SMILES string of the molecule is C=C1CCC(n2c(=O)n(C)c3c(N4CC5(CCN(CC6CCN(c7nc8cc(C(C)(C)O)c(NC(=O)c9cccc(C(F)(F)F)n9)cc8s7)CC6)CC5)C4)cccc32)C(=O)N1. The monoisotopic (exact) mass is 857 g/mol. The fraction of sp³-hybridized carbons (Fsp3) is 0.477. The van der Waals surface area contributed by atoms with Crippen LogP contribution >= 0.6 is 11.3 Å². The number of likely N-dealkylation sites (tertiary alicyclic amines) is 1. The van der Waals surface area contributed by atoms with Crippen molar-refractivity contribution in [1.82, 2.24) is 29.3 Å². The first kappa shape index (κ1) is 41.1. The molecular weight excluding hydrogens is 808 g/mol. The molecule has 1 atom stereocenters. The lowest BCUT2D eigenvalue weighted by Crippen LogP contribution is -2.61. The number of fused-ring (bicyclic) bond motifs is 2. The predicted octanol–water partition coefficient (Wildman–Crippen LogP) is 6.63. The van der Waals surface area contributed by atoms with Gasteiger partial charge in [0, 0.05) is 62.1 Å². The van der Waals surface area contributed by atoms with Gasteiger partial charge in [0.05, 0.1) is 32.5 Å². The molecule has 1 unspecified atom stereocenters. The zero-order valence-electron chi connectivity index (χ0n) is 34.5. The van der Waals surface area contributed by atoms with Crippen LogP contribution in [0.15, 0.2) is 65.6 Å². The molecule has 3 aromatic heterocycles. The maximum Gasteiger partial charge on any atom is 0.433 e. The zero-order valence-corrected chi connectivity index (χ0v) is 35.3. The van der Waals surface area contributed by atoms with Gasteiger partial charge in [-0.15, -0.1) is 0 Å². The molecule has 4 fully saturated rings. The van der Waals surface area contributed by atoms with E-state index < -0.39 is 29.4 Å². The average molecular weight is 858 g/mol. The molecule has 4 aliphatic rings. The highest BCUT2D eigenvalue weighted by Gasteiger charge is 2.46. The molecule has 322 valence electrons. The third-order valence-corrected chi connectivity index (χ3v) is 14.2. The van der Waals surface area contributed by atoms with Crippen LogP contribution in [0, 0.1) is 11.3 Å². The molecule has 2 aromatic carbocycles. The lowest BCUT2D eigenvalue weighted by molar-refractivity contribution is -0.141. The van der Waals surface area contributed by atoms with Crippen molar-refractivity contribution in [3.05, 3.63) is 88.2 Å².